The number of hydrogen-bond donors (Lipinski definition) is 2. The summed E-state index contributed by atoms with van der Waals surface area (Å²) in [6, 6.07) is 9.13. The summed E-state index contributed by atoms with van der Waals surface area (Å²) in [6.45, 7) is -0.599. The molecular formula is C12H14O4. The van der Waals surface area contributed by atoms with E-state index in [1.807, 2.05) is 30.3 Å². The Morgan fingerprint density at radius 1 is 1.19 bits per heavy atom. The fourth-order valence-electron chi connectivity index (χ4n) is 1.48. The Bertz CT molecular complexity index is 359. The first-order chi connectivity index (χ1) is 7.63. The fraction of sp³-hybridized carbons (Fsp3) is 0.333. The third kappa shape index (κ3) is 3.82. The Morgan fingerprint density at radius 2 is 1.81 bits per heavy atom. The van der Waals surface area contributed by atoms with Crippen molar-refractivity contribution in [3.63, 3.8) is 0 Å². The van der Waals surface area contributed by atoms with Crippen LogP contribution in [0.3, 0.4) is 0 Å². The molecule has 86 valence electrons. The second kappa shape index (κ2) is 6.02. The van der Waals surface area contributed by atoms with Gasteiger partial charge in [0.2, 0.25) is 0 Å². The quantitative estimate of drug-likeness (QED) is 0.749. The van der Waals surface area contributed by atoms with Crippen LogP contribution in [0.25, 0.3) is 0 Å². The van der Waals surface area contributed by atoms with Crippen molar-refractivity contribution < 1.29 is 19.8 Å². The molecule has 4 heteroatoms. The number of carboxylic acid groups (broad SMARTS) is 1. The van der Waals surface area contributed by atoms with Gasteiger partial charge in [-0.3, -0.25) is 9.59 Å². The zero-order chi connectivity index (χ0) is 12.0. The number of Topliss-reactive ketones (excluding diaryl/α,β-unsaturated/α-hetero) is 1. The zero-order valence-corrected chi connectivity index (χ0v) is 8.80. The van der Waals surface area contributed by atoms with Crippen LogP contribution < -0.4 is 0 Å². The summed E-state index contributed by atoms with van der Waals surface area (Å²) in [4.78, 5) is 21.9. The van der Waals surface area contributed by atoms with Crippen molar-refractivity contribution >= 4 is 11.8 Å². The molecular weight excluding hydrogens is 208 g/mol. The van der Waals surface area contributed by atoms with Gasteiger partial charge in [0.05, 0.1) is 5.92 Å². The summed E-state index contributed by atoms with van der Waals surface area (Å²) in [5.74, 6) is -2.21. The molecule has 0 spiro atoms. The maximum atomic E-state index is 11.0. The molecule has 0 aromatic heterocycles. The summed E-state index contributed by atoms with van der Waals surface area (Å²) in [5, 5.41) is 17.5. The lowest BCUT2D eigenvalue weighted by molar-refractivity contribution is -0.144. The molecule has 4 nitrogen and oxygen atoms in total. The highest BCUT2D eigenvalue weighted by Gasteiger charge is 2.20. The molecule has 2 N–H and O–H groups in total. The van der Waals surface area contributed by atoms with E-state index in [0.29, 0.717) is 6.42 Å². The van der Waals surface area contributed by atoms with E-state index in [1.54, 1.807) is 0 Å². The standard InChI is InChI=1S/C12H14O4/c13-8-11(14)7-10(12(15)16)6-9-4-2-1-3-5-9/h1-5,10,13H,6-8H2,(H,15,16)/t10-/m1/s1. The summed E-state index contributed by atoms with van der Waals surface area (Å²) in [7, 11) is 0. The second-order valence-electron chi connectivity index (χ2n) is 3.63. The summed E-state index contributed by atoms with van der Waals surface area (Å²) in [5.41, 5.74) is 0.876. The van der Waals surface area contributed by atoms with E-state index in [1.165, 1.54) is 0 Å². The minimum atomic E-state index is -1.01. The molecule has 1 aromatic rings. The van der Waals surface area contributed by atoms with E-state index < -0.39 is 24.3 Å². The summed E-state index contributed by atoms with van der Waals surface area (Å²) < 4.78 is 0. The maximum absolute atomic E-state index is 11.0. The monoisotopic (exact) mass is 222 g/mol. The lowest BCUT2D eigenvalue weighted by Gasteiger charge is -2.10. The SMILES string of the molecule is O=C(CO)C[C@@H](Cc1ccccc1)C(=O)O. The average Bonchev–Trinajstić information content (AvgIpc) is 2.29. The second-order valence-corrected chi connectivity index (χ2v) is 3.63. The highest BCUT2D eigenvalue weighted by molar-refractivity contribution is 5.84. The maximum Gasteiger partial charge on any atom is 0.307 e. The van der Waals surface area contributed by atoms with E-state index in [2.05, 4.69) is 0 Å². The van der Waals surface area contributed by atoms with Crippen LogP contribution in [0.4, 0.5) is 0 Å². The molecule has 0 heterocycles. The molecule has 1 rings (SSSR count). The first-order valence-electron chi connectivity index (χ1n) is 5.02. The molecule has 16 heavy (non-hydrogen) atoms. The van der Waals surface area contributed by atoms with Gasteiger partial charge in [0.1, 0.15) is 6.61 Å². The van der Waals surface area contributed by atoms with Crippen LogP contribution >= 0.6 is 0 Å². The largest absolute Gasteiger partial charge is 0.481 e. The van der Waals surface area contributed by atoms with Crippen molar-refractivity contribution in [3.05, 3.63) is 35.9 Å². The molecule has 0 aliphatic rings. The molecule has 0 saturated carbocycles. The Kier molecular flexibility index (Phi) is 4.66. The highest BCUT2D eigenvalue weighted by atomic mass is 16.4. The molecule has 0 unspecified atom stereocenters. The van der Waals surface area contributed by atoms with Crippen LogP contribution in [-0.2, 0) is 16.0 Å². The van der Waals surface area contributed by atoms with Crippen molar-refractivity contribution in [2.24, 2.45) is 5.92 Å². The molecule has 0 aliphatic heterocycles. The number of aliphatic hydroxyl groups is 1. The van der Waals surface area contributed by atoms with Crippen molar-refractivity contribution in [2.45, 2.75) is 12.8 Å². The van der Waals surface area contributed by atoms with Crippen LogP contribution in [0.15, 0.2) is 30.3 Å². The third-order valence-electron chi connectivity index (χ3n) is 2.32. The van der Waals surface area contributed by atoms with Gasteiger partial charge in [0.25, 0.3) is 0 Å². The molecule has 0 radical (unpaired) electrons. The van der Waals surface area contributed by atoms with Crippen LogP contribution in [-0.4, -0.2) is 28.6 Å². The van der Waals surface area contributed by atoms with Gasteiger partial charge in [-0.25, -0.2) is 0 Å². The number of aliphatic hydroxyl groups excluding tert-OH is 1. The summed E-state index contributed by atoms with van der Waals surface area (Å²) >= 11 is 0. The number of ketones is 1. The number of hydrogen-bond acceptors (Lipinski definition) is 3. The van der Waals surface area contributed by atoms with E-state index in [0.717, 1.165) is 5.56 Å². The van der Waals surface area contributed by atoms with Gasteiger partial charge in [0.15, 0.2) is 5.78 Å². The molecule has 0 saturated heterocycles. The molecule has 1 atom stereocenters. The van der Waals surface area contributed by atoms with Crippen molar-refractivity contribution in [1.82, 2.24) is 0 Å². The Labute approximate surface area is 93.5 Å². The molecule has 0 bridgehead atoms. The van der Waals surface area contributed by atoms with Crippen LogP contribution in [0.1, 0.15) is 12.0 Å². The van der Waals surface area contributed by atoms with Crippen LogP contribution in [0.2, 0.25) is 0 Å². The Morgan fingerprint density at radius 3 is 2.31 bits per heavy atom. The summed E-state index contributed by atoms with van der Waals surface area (Å²) in [6.07, 6.45) is 0.183. The number of aliphatic carboxylic acids is 1. The molecule has 0 fully saturated rings. The topological polar surface area (TPSA) is 74.6 Å². The number of rotatable bonds is 6. The van der Waals surface area contributed by atoms with E-state index in [4.69, 9.17) is 10.2 Å². The lowest BCUT2D eigenvalue weighted by Crippen LogP contribution is -2.21. The van der Waals surface area contributed by atoms with Crippen molar-refractivity contribution in [1.29, 1.82) is 0 Å². The van der Waals surface area contributed by atoms with Gasteiger partial charge >= 0.3 is 5.97 Å². The Balaban J connectivity index is 2.65. The van der Waals surface area contributed by atoms with Gasteiger partial charge in [-0.05, 0) is 12.0 Å². The normalized spacial score (nSPS) is 12.1. The minimum absolute atomic E-state index is 0.124. The smallest absolute Gasteiger partial charge is 0.307 e. The predicted molar refractivity (Wildman–Crippen MR) is 58.0 cm³/mol. The van der Waals surface area contributed by atoms with E-state index in [9.17, 15) is 9.59 Å². The lowest BCUT2D eigenvalue weighted by atomic mass is 9.94. The van der Waals surface area contributed by atoms with Crippen LogP contribution in [0.5, 0.6) is 0 Å². The highest BCUT2D eigenvalue weighted by Crippen LogP contribution is 2.13. The van der Waals surface area contributed by atoms with Crippen molar-refractivity contribution in [3.8, 4) is 0 Å². The third-order valence-corrected chi connectivity index (χ3v) is 2.32. The molecule has 0 aliphatic carbocycles. The van der Waals surface area contributed by atoms with Gasteiger partial charge in [-0.2, -0.15) is 0 Å². The molecule has 1 aromatic carbocycles. The van der Waals surface area contributed by atoms with Gasteiger partial charge in [0, 0.05) is 6.42 Å². The number of carbonyl (C=O) groups is 2. The first-order valence-corrected chi connectivity index (χ1v) is 5.02. The predicted octanol–water partition coefficient (Wildman–Crippen LogP) is 0.881. The number of carboxylic acids is 1. The molecule has 0 amide bonds. The number of carbonyl (C=O) groups excluding carboxylic acids is 1. The zero-order valence-electron chi connectivity index (χ0n) is 8.80. The van der Waals surface area contributed by atoms with E-state index in [-0.39, 0.29) is 6.42 Å². The number of benzene rings is 1. The fourth-order valence-corrected chi connectivity index (χ4v) is 1.48. The van der Waals surface area contributed by atoms with E-state index >= 15 is 0 Å². The van der Waals surface area contributed by atoms with Crippen LogP contribution in [0, 0.1) is 5.92 Å². The average molecular weight is 222 g/mol. The van der Waals surface area contributed by atoms with Gasteiger partial charge in [-0.1, -0.05) is 30.3 Å². The van der Waals surface area contributed by atoms with Gasteiger partial charge < -0.3 is 10.2 Å². The minimum Gasteiger partial charge on any atom is -0.481 e. The Hall–Kier alpha value is -1.68. The van der Waals surface area contributed by atoms with Gasteiger partial charge in [-0.15, -0.1) is 0 Å². The first kappa shape index (κ1) is 12.4. The van der Waals surface area contributed by atoms with Crippen molar-refractivity contribution in [2.75, 3.05) is 6.61 Å².